The number of rotatable bonds is 13. The summed E-state index contributed by atoms with van der Waals surface area (Å²) in [6.07, 6.45) is 2.07. The van der Waals surface area contributed by atoms with Gasteiger partial charge in [-0.25, -0.2) is 8.78 Å². The van der Waals surface area contributed by atoms with E-state index in [4.69, 9.17) is 0 Å². The monoisotopic (exact) mass is 417 g/mol. The number of aliphatic hydroxyl groups is 1. The number of carbonyl (C=O) groups excluding carboxylic acids is 1. The van der Waals surface area contributed by atoms with Crippen LogP contribution in [0, 0.1) is 17.6 Å². The molecule has 0 aliphatic heterocycles. The van der Waals surface area contributed by atoms with E-state index in [9.17, 15) is 18.7 Å². The highest BCUT2D eigenvalue weighted by molar-refractivity contribution is 7.98. The van der Waals surface area contributed by atoms with Crippen molar-refractivity contribution in [2.24, 2.45) is 5.92 Å². The zero-order valence-electron chi connectivity index (χ0n) is 17.1. The predicted octanol–water partition coefficient (Wildman–Crippen LogP) is 1.94. The maximum absolute atomic E-state index is 13.4. The normalized spacial score (nSPS) is 14.7. The fourth-order valence-electron chi connectivity index (χ4n) is 2.81. The molecule has 1 rings (SSSR count). The molecule has 4 N–H and O–H groups in total. The first-order valence-corrected chi connectivity index (χ1v) is 11.0. The Morgan fingerprint density at radius 2 is 1.82 bits per heavy atom. The number of hydrogen-bond donors (Lipinski definition) is 4. The molecule has 0 saturated heterocycles. The summed E-state index contributed by atoms with van der Waals surface area (Å²) in [5.41, 5.74) is 0.463. The van der Waals surface area contributed by atoms with Gasteiger partial charge in [0.1, 0.15) is 11.6 Å². The molecule has 28 heavy (non-hydrogen) atoms. The lowest BCUT2D eigenvalue weighted by atomic mass is 10.0. The third-order valence-corrected chi connectivity index (χ3v) is 5.04. The Morgan fingerprint density at radius 3 is 2.36 bits per heavy atom. The Kier molecular flexibility index (Phi) is 11.6. The summed E-state index contributed by atoms with van der Waals surface area (Å²) in [5, 5.41) is 19.6. The summed E-state index contributed by atoms with van der Waals surface area (Å²) in [6.45, 7) is 4.85. The molecule has 2 unspecified atom stereocenters. The Balaban J connectivity index is 2.66. The lowest BCUT2D eigenvalue weighted by molar-refractivity contribution is -0.123. The van der Waals surface area contributed by atoms with Gasteiger partial charge in [0.05, 0.1) is 12.1 Å². The number of halogens is 2. The minimum absolute atomic E-state index is 0.0804. The van der Waals surface area contributed by atoms with Crippen LogP contribution >= 0.6 is 11.8 Å². The number of nitrogens with one attached hydrogen (secondary N) is 3. The van der Waals surface area contributed by atoms with Crippen LogP contribution in [0.1, 0.15) is 25.8 Å². The summed E-state index contributed by atoms with van der Waals surface area (Å²) in [7, 11) is 1.68. The van der Waals surface area contributed by atoms with Gasteiger partial charge in [0, 0.05) is 25.2 Å². The molecule has 160 valence electrons. The molecule has 8 heteroatoms. The van der Waals surface area contributed by atoms with Crippen molar-refractivity contribution in [1.29, 1.82) is 0 Å². The minimum atomic E-state index is -0.828. The maximum Gasteiger partial charge on any atom is 0.237 e. The fourth-order valence-corrected chi connectivity index (χ4v) is 3.28. The molecule has 0 spiro atoms. The van der Waals surface area contributed by atoms with Crippen LogP contribution in [0.3, 0.4) is 0 Å². The quantitative estimate of drug-likeness (QED) is 0.395. The number of carbonyl (C=O) groups is 1. The van der Waals surface area contributed by atoms with Crippen LogP contribution in [0.2, 0.25) is 0 Å². The van der Waals surface area contributed by atoms with Crippen molar-refractivity contribution >= 4 is 17.7 Å². The lowest BCUT2D eigenvalue weighted by Gasteiger charge is -2.26. The van der Waals surface area contributed by atoms with Crippen LogP contribution in [-0.2, 0) is 11.2 Å². The summed E-state index contributed by atoms with van der Waals surface area (Å²) < 4.78 is 26.8. The Hall–Kier alpha value is -1.22. The molecule has 0 heterocycles. The van der Waals surface area contributed by atoms with E-state index < -0.39 is 29.8 Å². The summed E-state index contributed by atoms with van der Waals surface area (Å²) in [4.78, 5) is 12.4. The van der Waals surface area contributed by atoms with E-state index in [2.05, 4.69) is 16.0 Å². The van der Waals surface area contributed by atoms with Crippen molar-refractivity contribution in [3.8, 4) is 0 Å². The van der Waals surface area contributed by atoms with Crippen LogP contribution in [-0.4, -0.2) is 61.3 Å². The van der Waals surface area contributed by atoms with E-state index >= 15 is 0 Å². The van der Waals surface area contributed by atoms with Crippen molar-refractivity contribution in [3.05, 3.63) is 35.4 Å². The number of thioether (sulfide) groups is 1. The summed E-state index contributed by atoms with van der Waals surface area (Å²) in [5.74, 6) is -0.187. The molecule has 0 aliphatic rings. The van der Waals surface area contributed by atoms with Gasteiger partial charge in [0.25, 0.3) is 0 Å². The maximum atomic E-state index is 13.4. The highest BCUT2D eigenvalue weighted by Crippen LogP contribution is 2.12. The number of benzene rings is 1. The molecular formula is C20H33F2N3O2S. The predicted molar refractivity (Wildman–Crippen MR) is 112 cm³/mol. The van der Waals surface area contributed by atoms with Gasteiger partial charge < -0.3 is 21.1 Å². The SMILES string of the molecule is CNC(Cc1cc(F)cc(F)c1)C(O)CN[C@@H](CCSC)C(=O)NCC(C)C. The van der Waals surface area contributed by atoms with Gasteiger partial charge in [0.15, 0.2) is 0 Å². The van der Waals surface area contributed by atoms with Crippen molar-refractivity contribution in [1.82, 2.24) is 16.0 Å². The molecule has 0 aliphatic carbocycles. The van der Waals surface area contributed by atoms with E-state index in [1.807, 2.05) is 20.1 Å². The lowest BCUT2D eigenvalue weighted by Crippen LogP contribution is -2.51. The number of likely N-dealkylation sites (N-methyl/N-ethyl adjacent to an activating group) is 1. The van der Waals surface area contributed by atoms with E-state index in [-0.39, 0.29) is 18.9 Å². The van der Waals surface area contributed by atoms with E-state index in [1.54, 1.807) is 18.8 Å². The molecule has 0 saturated carbocycles. The molecule has 0 fully saturated rings. The molecule has 5 nitrogen and oxygen atoms in total. The zero-order valence-corrected chi connectivity index (χ0v) is 17.9. The van der Waals surface area contributed by atoms with Crippen molar-refractivity contribution < 1.29 is 18.7 Å². The topological polar surface area (TPSA) is 73.4 Å². The van der Waals surface area contributed by atoms with Crippen LogP contribution in [0.15, 0.2) is 18.2 Å². The number of hydrogen-bond acceptors (Lipinski definition) is 5. The average molecular weight is 418 g/mol. The molecule has 3 atom stereocenters. The molecule has 1 aromatic rings. The van der Waals surface area contributed by atoms with Crippen LogP contribution in [0.25, 0.3) is 0 Å². The zero-order chi connectivity index (χ0) is 21.1. The van der Waals surface area contributed by atoms with Crippen LogP contribution in [0.4, 0.5) is 8.78 Å². The molecule has 0 radical (unpaired) electrons. The van der Waals surface area contributed by atoms with Gasteiger partial charge in [-0.1, -0.05) is 13.8 Å². The third-order valence-electron chi connectivity index (χ3n) is 4.40. The Morgan fingerprint density at radius 1 is 1.18 bits per heavy atom. The summed E-state index contributed by atoms with van der Waals surface area (Å²) >= 11 is 1.66. The highest BCUT2D eigenvalue weighted by atomic mass is 32.2. The van der Waals surface area contributed by atoms with Gasteiger partial charge in [-0.15, -0.1) is 0 Å². The molecule has 1 amide bonds. The van der Waals surface area contributed by atoms with Crippen molar-refractivity contribution in [2.45, 2.75) is 44.9 Å². The first-order chi connectivity index (χ1) is 13.3. The van der Waals surface area contributed by atoms with Crippen molar-refractivity contribution in [3.63, 3.8) is 0 Å². The molecule has 1 aromatic carbocycles. The standard InChI is InChI=1S/C20H33F2N3O2S/c1-13(2)11-25-20(27)17(5-6-28-4)24-12-19(26)18(23-3)9-14-7-15(21)10-16(22)8-14/h7-8,10,13,17-19,23-24,26H,5-6,9,11-12H2,1-4H3,(H,25,27)/t17-,18?,19?/m0/s1. The largest absolute Gasteiger partial charge is 0.390 e. The van der Waals surface area contributed by atoms with Crippen LogP contribution in [0.5, 0.6) is 0 Å². The second kappa shape index (κ2) is 13.1. The van der Waals surface area contributed by atoms with Gasteiger partial charge in [-0.05, 0) is 55.5 Å². The van der Waals surface area contributed by atoms with E-state index in [0.717, 1.165) is 11.8 Å². The Labute approximate surface area is 171 Å². The molecule has 0 bridgehead atoms. The van der Waals surface area contributed by atoms with Crippen LogP contribution < -0.4 is 16.0 Å². The number of amides is 1. The first-order valence-electron chi connectivity index (χ1n) is 9.57. The second-order valence-electron chi connectivity index (χ2n) is 7.33. The second-order valence-corrected chi connectivity index (χ2v) is 8.31. The number of aliphatic hydroxyl groups excluding tert-OH is 1. The van der Waals surface area contributed by atoms with Gasteiger partial charge in [-0.3, -0.25) is 4.79 Å². The van der Waals surface area contributed by atoms with Gasteiger partial charge >= 0.3 is 0 Å². The van der Waals surface area contributed by atoms with Gasteiger partial charge in [-0.2, -0.15) is 11.8 Å². The average Bonchev–Trinajstić information content (AvgIpc) is 2.63. The highest BCUT2D eigenvalue weighted by Gasteiger charge is 2.23. The van der Waals surface area contributed by atoms with E-state index in [0.29, 0.717) is 24.4 Å². The Bertz CT molecular complexity index is 585. The van der Waals surface area contributed by atoms with Crippen molar-refractivity contribution in [2.75, 3.05) is 32.1 Å². The smallest absolute Gasteiger partial charge is 0.237 e. The first kappa shape index (κ1) is 24.8. The summed E-state index contributed by atoms with van der Waals surface area (Å²) in [6, 6.07) is 2.53. The minimum Gasteiger partial charge on any atom is -0.390 e. The third kappa shape index (κ3) is 9.32. The van der Waals surface area contributed by atoms with Gasteiger partial charge in [0.2, 0.25) is 5.91 Å². The fraction of sp³-hybridized carbons (Fsp3) is 0.650. The molecule has 0 aromatic heterocycles. The molecular weight excluding hydrogens is 384 g/mol. The van der Waals surface area contributed by atoms with E-state index in [1.165, 1.54) is 12.1 Å².